The van der Waals surface area contributed by atoms with Gasteiger partial charge in [0.15, 0.2) is 0 Å². The highest BCUT2D eigenvalue weighted by atomic mass is 32.2. The Hall–Kier alpha value is 0.230. The summed E-state index contributed by atoms with van der Waals surface area (Å²) in [5.74, 6) is 0. The van der Waals surface area contributed by atoms with Crippen molar-refractivity contribution in [1.82, 2.24) is 5.32 Å². The predicted molar refractivity (Wildman–Crippen MR) is 62.9 cm³/mol. The lowest BCUT2D eigenvalue weighted by molar-refractivity contribution is 0.122. The molecule has 0 radical (unpaired) electrons. The molecule has 0 amide bonds. The number of ether oxygens (including phenoxy) is 1. The summed E-state index contributed by atoms with van der Waals surface area (Å²) < 4.78 is 5.31. The van der Waals surface area contributed by atoms with E-state index in [-0.39, 0.29) is 11.9 Å². The summed E-state index contributed by atoms with van der Waals surface area (Å²) in [7, 11) is 0. The fourth-order valence-electron chi connectivity index (χ4n) is 1.34. The van der Waals surface area contributed by atoms with E-state index in [4.69, 9.17) is 9.84 Å². The Morgan fingerprint density at radius 1 is 1.43 bits per heavy atom. The average Bonchev–Trinajstić information content (AvgIpc) is 2.16. The Bertz CT molecular complexity index is 131. The van der Waals surface area contributed by atoms with Crippen LogP contribution in [0.3, 0.4) is 0 Å². The maximum Gasteiger partial charge on any atom is 0.0616 e. The summed E-state index contributed by atoms with van der Waals surface area (Å²) in [4.78, 5) is 0. The van der Waals surface area contributed by atoms with E-state index in [1.165, 1.54) is 0 Å². The Kier molecular flexibility index (Phi) is 8.67. The number of aliphatic hydroxyl groups excluding tert-OH is 1. The molecule has 0 rings (SSSR count). The molecule has 0 heterocycles. The molecule has 14 heavy (non-hydrogen) atoms. The lowest BCUT2D eigenvalue weighted by Crippen LogP contribution is -2.44. The number of thioether (sulfide) groups is 1. The molecule has 0 aromatic rings. The second-order valence-corrected chi connectivity index (χ2v) is 4.55. The summed E-state index contributed by atoms with van der Waals surface area (Å²) in [5.41, 5.74) is 0. The Morgan fingerprint density at radius 3 is 2.50 bits per heavy atom. The van der Waals surface area contributed by atoms with Crippen molar-refractivity contribution in [3.05, 3.63) is 0 Å². The first-order chi connectivity index (χ1) is 6.65. The van der Waals surface area contributed by atoms with Gasteiger partial charge in [-0.15, -0.1) is 0 Å². The molecular weight excluding hydrogens is 198 g/mol. The van der Waals surface area contributed by atoms with Gasteiger partial charge in [-0.1, -0.05) is 0 Å². The smallest absolute Gasteiger partial charge is 0.0616 e. The Balaban J connectivity index is 3.73. The van der Waals surface area contributed by atoms with E-state index >= 15 is 0 Å². The number of aliphatic hydroxyl groups is 1. The zero-order chi connectivity index (χ0) is 11.0. The van der Waals surface area contributed by atoms with Gasteiger partial charge in [-0.2, -0.15) is 11.8 Å². The van der Waals surface area contributed by atoms with E-state index in [2.05, 4.69) is 19.2 Å². The molecule has 0 aliphatic heterocycles. The summed E-state index contributed by atoms with van der Waals surface area (Å²) in [6, 6.07) is 0.650. The Labute approximate surface area is 91.6 Å². The van der Waals surface area contributed by atoms with Gasteiger partial charge in [-0.25, -0.2) is 0 Å². The molecule has 3 nitrogen and oxygen atoms in total. The SMILES string of the molecule is CCOCC(C)NC(C)C(CO)SC. The summed E-state index contributed by atoms with van der Waals surface area (Å²) in [6.07, 6.45) is 2.02. The molecule has 3 atom stereocenters. The fourth-order valence-corrected chi connectivity index (χ4v) is 1.97. The molecule has 0 bridgehead atoms. The van der Waals surface area contributed by atoms with E-state index in [1.807, 2.05) is 13.2 Å². The standard InChI is InChI=1S/C10H23NO2S/c1-5-13-7-8(2)11-9(3)10(6-12)14-4/h8-12H,5-7H2,1-4H3. The molecule has 0 aromatic heterocycles. The van der Waals surface area contributed by atoms with E-state index in [1.54, 1.807) is 11.8 Å². The van der Waals surface area contributed by atoms with Gasteiger partial charge >= 0.3 is 0 Å². The van der Waals surface area contributed by atoms with Crippen LogP contribution >= 0.6 is 11.8 Å². The molecule has 0 aliphatic rings. The molecule has 86 valence electrons. The van der Waals surface area contributed by atoms with Gasteiger partial charge in [0, 0.05) is 23.9 Å². The minimum Gasteiger partial charge on any atom is -0.395 e. The third-order valence-corrected chi connectivity index (χ3v) is 3.32. The normalized spacial score (nSPS) is 17.8. The molecule has 0 aliphatic carbocycles. The summed E-state index contributed by atoms with van der Waals surface area (Å²) in [6.45, 7) is 7.89. The highest BCUT2D eigenvalue weighted by Gasteiger charge is 2.16. The van der Waals surface area contributed by atoms with E-state index in [0.717, 1.165) is 13.2 Å². The number of nitrogens with one attached hydrogen (secondary N) is 1. The molecule has 0 spiro atoms. The monoisotopic (exact) mass is 221 g/mol. The second kappa shape index (κ2) is 8.53. The molecule has 4 heteroatoms. The minimum absolute atomic E-state index is 0.219. The lowest BCUT2D eigenvalue weighted by Gasteiger charge is -2.25. The van der Waals surface area contributed by atoms with Crippen LogP contribution in [0.15, 0.2) is 0 Å². The third kappa shape index (κ3) is 5.86. The van der Waals surface area contributed by atoms with Crippen molar-refractivity contribution < 1.29 is 9.84 Å². The molecule has 0 saturated carbocycles. The molecule has 2 N–H and O–H groups in total. The zero-order valence-corrected chi connectivity index (χ0v) is 10.4. The van der Waals surface area contributed by atoms with Crippen molar-refractivity contribution in [3.63, 3.8) is 0 Å². The maximum absolute atomic E-state index is 9.09. The van der Waals surface area contributed by atoms with Gasteiger partial charge in [-0.3, -0.25) is 0 Å². The van der Waals surface area contributed by atoms with Crippen LogP contribution < -0.4 is 5.32 Å². The number of rotatable bonds is 8. The summed E-state index contributed by atoms with van der Waals surface area (Å²) >= 11 is 1.69. The lowest BCUT2D eigenvalue weighted by atomic mass is 10.2. The topological polar surface area (TPSA) is 41.5 Å². The highest BCUT2D eigenvalue weighted by Crippen LogP contribution is 2.10. The van der Waals surface area contributed by atoms with Crippen molar-refractivity contribution in [2.45, 2.75) is 38.1 Å². The van der Waals surface area contributed by atoms with Gasteiger partial charge in [0.05, 0.1) is 13.2 Å². The van der Waals surface area contributed by atoms with Crippen LogP contribution in [0, 0.1) is 0 Å². The van der Waals surface area contributed by atoms with Crippen molar-refractivity contribution in [2.24, 2.45) is 0 Å². The fraction of sp³-hybridized carbons (Fsp3) is 1.00. The molecule has 0 aromatic carbocycles. The first-order valence-electron chi connectivity index (χ1n) is 5.13. The predicted octanol–water partition coefficient (Wildman–Crippen LogP) is 1.11. The minimum atomic E-state index is 0.219. The van der Waals surface area contributed by atoms with Crippen molar-refractivity contribution in [2.75, 3.05) is 26.1 Å². The zero-order valence-electron chi connectivity index (χ0n) is 9.62. The third-order valence-electron chi connectivity index (χ3n) is 2.16. The van der Waals surface area contributed by atoms with Crippen LogP contribution in [0.1, 0.15) is 20.8 Å². The van der Waals surface area contributed by atoms with Crippen molar-refractivity contribution in [3.8, 4) is 0 Å². The largest absolute Gasteiger partial charge is 0.395 e. The van der Waals surface area contributed by atoms with Crippen molar-refractivity contribution >= 4 is 11.8 Å². The van der Waals surface area contributed by atoms with Crippen LogP contribution in [-0.2, 0) is 4.74 Å². The van der Waals surface area contributed by atoms with Gasteiger partial charge in [0.2, 0.25) is 0 Å². The molecular formula is C10H23NO2S. The highest BCUT2D eigenvalue weighted by molar-refractivity contribution is 7.99. The van der Waals surface area contributed by atoms with Crippen molar-refractivity contribution in [1.29, 1.82) is 0 Å². The van der Waals surface area contributed by atoms with Gasteiger partial charge in [0.1, 0.15) is 0 Å². The van der Waals surface area contributed by atoms with E-state index < -0.39 is 0 Å². The van der Waals surface area contributed by atoms with Gasteiger partial charge in [0.25, 0.3) is 0 Å². The second-order valence-electron chi connectivity index (χ2n) is 3.47. The Morgan fingerprint density at radius 2 is 2.07 bits per heavy atom. The van der Waals surface area contributed by atoms with Crippen LogP contribution in [0.5, 0.6) is 0 Å². The van der Waals surface area contributed by atoms with Gasteiger partial charge < -0.3 is 15.2 Å². The van der Waals surface area contributed by atoms with Crippen LogP contribution in [-0.4, -0.2) is 48.5 Å². The maximum atomic E-state index is 9.09. The van der Waals surface area contributed by atoms with Crippen LogP contribution in [0.25, 0.3) is 0 Å². The molecule has 0 saturated heterocycles. The molecule has 3 unspecified atom stereocenters. The van der Waals surface area contributed by atoms with Gasteiger partial charge in [-0.05, 0) is 27.0 Å². The first kappa shape index (κ1) is 14.2. The number of hydrogen-bond acceptors (Lipinski definition) is 4. The quantitative estimate of drug-likeness (QED) is 0.644. The average molecular weight is 221 g/mol. The van der Waals surface area contributed by atoms with Crippen LogP contribution in [0.2, 0.25) is 0 Å². The first-order valence-corrected chi connectivity index (χ1v) is 6.41. The number of hydrogen-bond donors (Lipinski definition) is 2. The summed E-state index contributed by atoms with van der Waals surface area (Å²) in [5, 5.41) is 12.8. The van der Waals surface area contributed by atoms with E-state index in [0.29, 0.717) is 12.1 Å². The van der Waals surface area contributed by atoms with Crippen LogP contribution in [0.4, 0.5) is 0 Å². The molecule has 0 fully saturated rings. The van der Waals surface area contributed by atoms with E-state index in [9.17, 15) is 0 Å².